The Morgan fingerprint density at radius 2 is 1.70 bits per heavy atom. The highest BCUT2D eigenvalue weighted by atomic mass is 16.6. The van der Waals surface area contributed by atoms with Gasteiger partial charge in [0.1, 0.15) is 5.75 Å². The summed E-state index contributed by atoms with van der Waals surface area (Å²) in [6.45, 7) is 1.49. The van der Waals surface area contributed by atoms with Crippen LogP contribution in [0.2, 0.25) is 0 Å². The summed E-state index contributed by atoms with van der Waals surface area (Å²) in [4.78, 5) is 14.4. The first kappa shape index (κ1) is 17.3. The van der Waals surface area contributed by atoms with Crippen molar-refractivity contribution in [2.24, 2.45) is 0 Å². The molecule has 3 aromatic rings. The van der Waals surface area contributed by atoms with Gasteiger partial charge in [-0.1, -0.05) is 36.4 Å². The van der Waals surface area contributed by atoms with Crippen LogP contribution in [-0.4, -0.2) is 29.5 Å². The third-order valence-corrected chi connectivity index (χ3v) is 4.62. The average Bonchev–Trinajstić information content (AvgIpc) is 3.20. The molecule has 2 aromatic carbocycles. The highest BCUT2D eigenvalue weighted by Crippen LogP contribution is 2.31. The van der Waals surface area contributed by atoms with Crippen LogP contribution in [0.5, 0.6) is 5.75 Å². The number of rotatable bonds is 4. The van der Waals surface area contributed by atoms with Crippen molar-refractivity contribution in [3.05, 3.63) is 72.4 Å². The fourth-order valence-corrected chi connectivity index (χ4v) is 3.20. The van der Waals surface area contributed by atoms with Gasteiger partial charge in [-0.05, 0) is 37.1 Å². The maximum atomic E-state index is 12.9. The minimum absolute atomic E-state index is 0.364. The van der Waals surface area contributed by atoms with E-state index in [1.807, 2.05) is 54.6 Å². The van der Waals surface area contributed by atoms with Gasteiger partial charge < -0.3 is 9.47 Å². The van der Waals surface area contributed by atoms with Crippen molar-refractivity contribution in [2.45, 2.75) is 18.8 Å². The minimum Gasteiger partial charge on any atom is -0.410 e. The van der Waals surface area contributed by atoms with Gasteiger partial charge in [0.25, 0.3) is 0 Å². The standard InChI is InChI=1S/C21H21N3O3/c25-21(27-18-9-5-2-6-10-18)24(17-7-3-1-4-8-17)20-15-19(22-23-20)16-11-13-26-14-12-16/h1-10,15-16H,11-14H2,(H,22,23). The summed E-state index contributed by atoms with van der Waals surface area (Å²) in [5.74, 6) is 1.37. The Balaban J connectivity index is 1.62. The first-order valence-corrected chi connectivity index (χ1v) is 9.06. The van der Waals surface area contributed by atoms with Gasteiger partial charge in [0.15, 0.2) is 5.82 Å². The van der Waals surface area contributed by atoms with Gasteiger partial charge in [0.05, 0.1) is 5.69 Å². The molecule has 1 aliphatic rings. The highest BCUT2D eigenvalue weighted by molar-refractivity contribution is 5.96. The van der Waals surface area contributed by atoms with E-state index < -0.39 is 6.09 Å². The first-order chi connectivity index (χ1) is 13.3. The number of amides is 1. The third-order valence-electron chi connectivity index (χ3n) is 4.62. The first-order valence-electron chi connectivity index (χ1n) is 9.06. The molecule has 4 rings (SSSR count). The Labute approximate surface area is 157 Å². The Hall–Kier alpha value is -3.12. The molecule has 6 heteroatoms. The number of anilines is 2. The van der Waals surface area contributed by atoms with Crippen molar-refractivity contribution in [1.82, 2.24) is 10.2 Å². The molecule has 0 aliphatic carbocycles. The van der Waals surface area contributed by atoms with Gasteiger partial charge >= 0.3 is 6.09 Å². The van der Waals surface area contributed by atoms with E-state index >= 15 is 0 Å². The molecule has 6 nitrogen and oxygen atoms in total. The summed E-state index contributed by atoms with van der Waals surface area (Å²) < 4.78 is 11.0. The molecule has 0 atom stereocenters. The number of carbonyl (C=O) groups is 1. The molecule has 1 saturated heterocycles. The number of ether oxygens (including phenoxy) is 2. The summed E-state index contributed by atoms with van der Waals surface area (Å²) in [5.41, 5.74) is 1.71. The van der Waals surface area contributed by atoms with Gasteiger partial charge in [0.2, 0.25) is 0 Å². The zero-order chi connectivity index (χ0) is 18.5. The summed E-state index contributed by atoms with van der Waals surface area (Å²) in [5, 5.41) is 7.48. The van der Waals surface area contributed by atoms with Gasteiger partial charge in [-0.3, -0.25) is 5.10 Å². The lowest BCUT2D eigenvalue weighted by Crippen LogP contribution is -2.29. The van der Waals surface area contributed by atoms with Crippen LogP contribution >= 0.6 is 0 Å². The van der Waals surface area contributed by atoms with Crippen molar-refractivity contribution in [2.75, 3.05) is 18.1 Å². The van der Waals surface area contributed by atoms with Crippen LogP contribution in [0.4, 0.5) is 16.3 Å². The van der Waals surface area contributed by atoms with E-state index in [1.165, 1.54) is 4.90 Å². The molecular formula is C21H21N3O3. The van der Waals surface area contributed by atoms with Gasteiger partial charge in [-0.15, -0.1) is 0 Å². The smallest absolute Gasteiger partial charge is 0.410 e. The molecule has 2 heterocycles. The zero-order valence-electron chi connectivity index (χ0n) is 14.9. The molecule has 27 heavy (non-hydrogen) atoms. The topological polar surface area (TPSA) is 67.4 Å². The number of hydrogen-bond donors (Lipinski definition) is 1. The van der Waals surface area contributed by atoms with Crippen molar-refractivity contribution in [3.63, 3.8) is 0 Å². The fourth-order valence-electron chi connectivity index (χ4n) is 3.20. The number of benzene rings is 2. The number of para-hydroxylation sites is 2. The lowest BCUT2D eigenvalue weighted by molar-refractivity contribution is 0.0845. The number of nitrogens with one attached hydrogen (secondary N) is 1. The zero-order valence-corrected chi connectivity index (χ0v) is 14.9. The fraction of sp³-hybridized carbons (Fsp3) is 0.238. The predicted molar refractivity (Wildman–Crippen MR) is 102 cm³/mol. The van der Waals surface area contributed by atoms with Gasteiger partial charge in [-0.25, -0.2) is 9.69 Å². The van der Waals surface area contributed by atoms with Gasteiger partial charge in [0, 0.05) is 30.9 Å². The predicted octanol–water partition coefficient (Wildman–Crippen LogP) is 4.64. The number of H-pyrrole nitrogens is 1. The van der Waals surface area contributed by atoms with Crippen LogP contribution < -0.4 is 9.64 Å². The Morgan fingerprint density at radius 1 is 1.04 bits per heavy atom. The molecule has 1 N–H and O–H groups in total. The van der Waals surface area contributed by atoms with E-state index in [9.17, 15) is 4.79 Å². The van der Waals surface area contributed by atoms with Crippen LogP contribution in [0.3, 0.4) is 0 Å². The number of aromatic nitrogens is 2. The summed E-state index contributed by atoms with van der Waals surface area (Å²) in [7, 11) is 0. The Morgan fingerprint density at radius 3 is 2.41 bits per heavy atom. The van der Waals surface area contributed by atoms with Crippen LogP contribution in [0, 0.1) is 0 Å². The van der Waals surface area contributed by atoms with Crippen molar-refractivity contribution < 1.29 is 14.3 Å². The molecule has 1 aromatic heterocycles. The van der Waals surface area contributed by atoms with Crippen LogP contribution in [0.25, 0.3) is 0 Å². The maximum absolute atomic E-state index is 12.9. The van der Waals surface area contributed by atoms with E-state index in [0.29, 0.717) is 23.2 Å². The van der Waals surface area contributed by atoms with E-state index in [2.05, 4.69) is 10.2 Å². The minimum atomic E-state index is -0.502. The lowest BCUT2D eigenvalue weighted by Gasteiger charge is -2.21. The van der Waals surface area contributed by atoms with E-state index in [-0.39, 0.29) is 0 Å². The molecule has 0 spiro atoms. The SMILES string of the molecule is O=C(Oc1ccccc1)N(c1ccccc1)c1cc(C2CCOCC2)[nH]n1. The molecule has 1 amide bonds. The van der Waals surface area contributed by atoms with E-state index in [1.54, 1.807) is 12.1 Å². The van der Waals surface area contributed by atoms with Crippen LogP contribution in [0.15, 0.2) is 66.7 Å². The van der Waals surface area contributed by atoms with E-state index in [4.69, 9.17) is 9.47 Å². The molecule has 1 aliphatic heterocycles. The van der Waals surface area contributed by atoms with Crippen molar-refractivity contribution in [1.29, 1.82) is 0 Å². The van der Waals surface area contributed by atoms with E-state index in [0.717, 1.165) is 31.7 Å². The third kappa shape index (κ3) is 4.01. The second-order valence-corrected chi connectivity index (χ2v) is 6.42. The van der Waals surface area contributed by atoms with Gasteiger partial charge in [-0.2, -0.15) is 5.10 Å². The van der Waals surface area contributed by atoms with Crippen molar-refractivity contribution >= 4 is 17.6 Å². The van der Waals surface area contributed by atoms with Crippen LogP contribution in [0.1, 0.15) is 24.5 Å². The normalized spacial score (nSPS) is 14.7. The highest BCUT2D eigenvalue weighted by Gasteiger charge is 2.25. The largest absolute Gasteiger partial charge is 0.425 e. The quantitative estimate of drug-likeness (QED) is 0.733. The molecular weight excluding hydrogens is 342 g/mol. The summed E-state index contributed by atoms with van der Waals surface area (Å²) in [6.07, 6.45) is 1.39. The van der Waals surface area contributed by atoms with Crippen molar-refractivity contribution in [3.8, 4) is 5.75 Å². The number of hydrogen-bond acceptors (Lipinski definition) is 4. The number of aromatic amines is 1. The second kappa shape index (κ2) is 8.05. The molecule has 138 valence electrons. The Kier molecular flexibility index (Phi) is 5.16. The number of nitrogens with zero attached hydrogens (tertiary/aromatic N) is 2. The molecule has 1 fully saturated rings. The maximum Gasteiger partial charge on any atom is 0.425 e. The summed E-state index contributed by atoms with van der Waals surface area (Å²) >= 11 is 0. The molecule has 0 bridgehead atoms. The number of carbonyl (C=O) groups excluding carboxylic acids is 1. The summed E-state index contributed by atoms with van der Waals surface area (Å²) in [6, 6.07) is 20.3. The van der Waals surface area contributed by atoms with Crippen LogP contribution in [-0.2, 0) is 4.74 Å². The monoisotopic (exact) mass is 363 g/mol. The lowest BCUT2D eigenvalue weighted by atomic mass is 9.97. The molecule has 0 radical (unpaired) electrons. The second-order valence-electron chi connectivity index (χ2n) is 6.42. The average molecular weight is 363 g/mol. The molecule has 0 unspecified atom stereocenters. The Bertz CT molecular complexity index is 874. The molecule has 0 saturated carbocycles.